The van der Waals surface area contributed by atoms with Crippen molar-refractivity contribution < 1.29 is 17.5 Å². The minimum absolute atomic E-state index is 0.0990. The molecule has 1 aliphatic rings. The minimum Gasteiger partial charge on any atom is -0.376 e. The van der Waals surface area contributed by atoms with Crippen LogP contribution < -0.4 is 4.72 Å². The summed E-state index contributed by atoms with van der Waals surface area (Å²) in [6, 6.07) is 14.4. The average molecular weight is 349 g/mol. The number of halogens is 1. The largest absolute Gasteiger partial charge is 0.376 e. The molecule has 3 rings (SSSR count). The van der Waals surface area contributed by atoms with Gasteiger partial charge in [-0.25, -0.2) is 17.5 Å². The summed E-state index contributed by atoms with van der Waals surface area (Å²) in [5.74, 6) is -0.449. The Labute approximate surface area is 141 Å². The number of hydrogen-bond donors (Lipinski definition) is 1. The third kappa shape index (κ3) is 4.41. The second-order valence-electron chi connectivity index (χ2n) is 5.94. The van der Waals surface area contributed by atoms with E-state index < -0.39 is 16.1 Å². The SMILES string of the molecule is O=S(=O)(Cc1ccccc1)N[C@H](c1ccc(F)cc1)[C@@H]1CCCO1. The summed E-state index contributed by atoms with van der Waals surface area (Å²) in [5.41, 5.74) is 1.43. The van der Waals surface area contributed by atoms with Crippen LogP contribution in [-0.2, 0) is 20.5 Å². The summed E-state index contributed by atoms with van der Waals surface area (Å²) < 4.78 is 46.7. The van der Waals surface area contributed by atoms with Crippen molar-refractivity contribution in [2.45, 2.75) is 30.7 Å². The second kappa shape index (κ2) is 7.42. The normalized spacial score (nSPS) is 19.3. The van der Waals surface area contributed by atoms with Crippen LogP contribution in [0.4, 0.5) is 4.39 Å². The Hall–Kier alpha value is -1.76. The van der Waals surface area contributed by atoms with E-state index >= 15 is 0 Å². The van der Waals surface area contributed by atoms with Gasteiger partial charge in [0.2, 0.25) is 10.0 Å². The Kier molecular flexibility index (Phi) is 5.28. The molecule has 0 unspecified atom stereocenters. The molecule has 1 aliphatic heterocycles. The van der Waals surface area contributed by atoms with Crippen LogP contribution >= 0.6 is 0 Å². The first-order chi connectivity index (χ1) is 11.5. The molecule has 0 saturated carbocycles. The summed E-state index contributed by atoms with van der Waals surface area (Å²) in [4.78, 5) is 0. The number of nitrogens with one attached hydrogen (secondary N) is 1. The number of rotatable bonds is 6. The van der Waals surface area contributed by atoms with Gasteiger partial charge < -0.3 is 4.74 Å². The molecule has 0 spiro atoms. The summed E-state index contributed by atoms with van der Waals surface area (Å²) >= 11 is 0. The zero-order valence-corrected chi connectivity index (χ0v) is 14.0. The summed E-state index contributed by atoms with van der Waals surface area (Å²) in [6.07, 6.45) is 1.43. The summed E-state index contributed by atoms with van der Waals surface area (Å²) in [5, 5.41) is 0. The molecular formula is C18H20FNO3S. The lowest BCUT2D eigenvalue weighted by Gasteiger charge is -2.24. The van der Waals surface area contributed by atoms with Gasteiger partial charge in [0.25, 0.3) is 0 Å². The third-order valence-electron chi connectivity index (χ3n) is 4.07. The molecule has 24 heavy (non-hydrogen) atoms. The Bertz CT molecular complexity index is 757. The van der Waals surface area contributed by atoms with Gasteiger partial charge in [-0.1, -0.05) is 42.5 Å². The smallest absolute Gasteiger partial charge is 0.216 e. The molecule has 0 amide bonds. The van der Waals surface area contributed by atoms with Crippen LogP contribution in [0.1, 0.15) is 30.0 Å². The molecule has 128 valence electrons. The van der Waals surface area contributed by atoms with E-state index in [1.807, 2.05) is 18.2 Å². The molecule has 1 N–H and O–H groups in total. The topological polar surface area (TPSA) is 55.4 Å². The Balaban J connectivity index is 1.81. The lowest BCUT2D eigenvalue weighted by atomic mass is 10.0. The van der Waals surface area contributed by atoms with Crippen molar-refractivity contribution in [2.75, 3.05) is 6.61 Å². The van der Waals surface area contributed by atoms with Crippen LogP contribution in [0.25, 0.3) is 0 Å². The average Bonchev–Trinajstić information content (AvgIpc) is 3.08. The van der Waals surface area contributed by atoms with Crippen molar-refractivity contribution in [3.8, 4) is 0 Å². The number of ether oxygens (including phenoxy) is 1. The second-order valence-corrected chi connectivity index (χ2v) is 7.70. The van der Waals surface area contributed by atoms with Crippen LogP contribution in [0.3, 0.4) is 0 Å². The van der Waals surface area contributed by atoms with Crippen LogP contribution in [-0.4, -0.2) is 21.1 Å². The van der Waals surface area contributed by atoms with E-state index in [2.05, 4.69) is 4.72 Å². The fraction of sp³-hybridized carbons (Fsp3) is 0.333. The van der Waals surface area contributed by atoms with Gasteiger partial charge in [-0.2, -0.15) is 0 Å². The van der Waals surface area contributed by atoms with E-state index in [0.29, 0.717) is 12.2 Å². The molecule has 0 radical (unpaired) electrons. The van der Waals surface area contributed by atoms with Gasteiger partial charge in [-0.05, 0) is 36.1 Å². The fourth-order valence-corrected chi connectivity index (χ4v) is 4.31. The maximum atomic E-state index is 13.2. The van der Waals surface area contributed by atoms with Gasteiger partial charge in [0, 0.05) is 6.61 Å². The van der Waals surface area contributed by atoms with Crippen molar-refractivity contribution in [3.63, 3.8) is 0 Å². The van der Waals surface area contributed by atoms with Crippen molar-refractivity contribution >= 4 is 10.0 Å². The predicted molar refractivity (Wildman–Crippen MR) is 90.3 cm³/mol. The Morgan fingerprint density at radius 2 is 1.83 bits per heavy atom. The van der Waals surface area contributed by atoms with Gasteiger partial charge >= 0.3 is 0 Å². The van der Waals surface area contributed by atoms with Gasteiger partial charge in [0.15, 0.2) is 0 Å². The monoisotopic (exact) mass is 349 g/mol. The highest BCUT2D eigenvalue weighted by molar-refractivity contribution is 7.88. The lowest BCUT2D eigenvalue weighted by Crippen LogP contribution is -2.36. The van der Waals surface area contributed by atoms with Crippen LogP contribution in [0.5, 0.6) is 0 Å². The molecule has 4 nitrogen and oxygen atoms in total. The van der Waals surface area contributed by atoms with Gasteiger partial charge in [0.1, 0.15) is 5.82 Å². The first-order valence-electron chi connectivity index (χ1n) is 7.94. The van der Waals surface area contributed by atoms with E-state index in [4.69, 9.17) is 4.74 Å². The van der Waals surface area contributed by atoms with Crippen molar-refractivity contribution in [2.24, 2.45) is 0 Å². The van der Waals surface area contributed by atoms with E-state index in [0.717, 1.165) is 18.4 Å². The number of sulfonamides is 1. The molecular weight excluding hydrogens is 329 g/mol. The zero-order valence-electron chi connectivity index (χ0n) is 13.2. The molecule has 1 saturated heterocycles. The molecule has 0 aromatic heterocycles. The van der Waals surface area contributed by atoms with Crippen molar-refractivity contribution in [1.82, 2.24) is 4.72 Å². The van der Waals surface area contributed by atoms with Gasteiger partial charge in [-0.3, -0.25) is 0 Å². The first-order valence-corrected chi connectivity index (χ1v) is 9.60. The predicted octanol–water partition coefficient (Wildman–Crippen LogP) is 3.17. The third-order valence-corrected chi connectivity index (χ3v) is 5.40. The zero-order chi connectivity index (χ0) is 17.0. The molecule has 1 fully saturated rings. The lowest BCUT2D eigenvalue weighted by molar-refractivity contribution is 0.0851. The van der Waals surface area contributed by atoms with E-state index in [9.17, 15) is 12.8 Å². The molecule has 0 bridgehead atoms. The molecule has 2 aromatic carbocycles. The number of hydrogen-bond acceptors (Lipinski definition) is 3. The van der Waals surface area contributed by atoms with E-state index in [-0.39, 0.29) is 17.7 Å². The fourth-order valence-electron chi connectivity index (χ4n) is 2.92. The molecule has 2 aromatic rings. The van der Waals surface area contributed by atoms with Crippen molar-refractivity contribution in [1.29, 1.82) is 0 Å². The minimum atomic E-state index is -3.55. The molecule has 0 aliphatic carbocycles. The van der Waals surface area contributed by atoms with Crippen LogP contribution in [0, 0.1) is 5.82 Å². The van der Waals surface area contributed by atoms with Crippen molar-refractivity contribution in [3.05, 3.63) is 71.5 Å². The quantitative estimate of drug-likeness (QED) is 0.871. The van der Waals surface area contributed by atoms with Crippen LogP contribution in [0.15, 0.2) is 54.6 Å². The first kappa shape index (κ1) is 17.1. The maximum Gasteiger partial charge on any atom is 0.216 e. The van der Waals surface area contributed by atoms with E-state index in [1.165, 1.54) is 12.1 Å². The van der Waals surface area contributed by atoms with E-state index in [1.54, 1.807) is 24.3 Å². The van der Waals surface area contributed by atoms with Gasteiger partial charge in [-0.15, -0.1) is 0 Å². The highest BCUT2D eigenvalue weighted by Gasteiger charge is 2.30. The summed E-state index contributed by atoms with van der Waals surface area (Å²) in [6.45, 7) is 0.614. The Morgan fingerprint density at radius 1 is 1.12 bits per heavy atom. The molecule has 6 heteroatoms. The highest BCUT2D eigenvalue weighted by Crippen LogP contribution is 2.28. The molecule has 1 heterocycles. The van der Waals surface area contributed by atoms with Gasteiger partial charge in [0.05, 0.1) is 17.9 Å². The maximum absolute atomic E-state index is 13.2. The number of benzene rings is 2. The Morgan fingerprint density at radius 3 is 2.46 bits per heavy atom. The van der Waals surface area contributed by atoms with Crippen LogP contribution in [0.2, 0.25) is 0 Å². The summed E-state index contributed by atoms with van der Waals surface area (Å²) in [7, 11) is -3.55. The highest BCUT2D eigenvalue weighted by atomic mass is 32.2. The molecule has 2 atom stereocenters. The standard InChI is InChI=1S/C18H20FNO3S/c19-16-10-8-15(9-11-16)18(17-7-4-12-23-17)20-24(21,22)13-14-5-2-1-3-6-14/h1-3,5-6,8-11,17-18,20H,4,7,12-13H2/t17-,18+/m0/s1.